The molecule has 2 atom stereocenters. The third-order valence-corrected chi connectivity index (χ3v) is 4.93. The van der Waals surface area contributed by atoms with E-state index in [2.05, 4.69) is 22.1 Å². The SMILES string of the molecule is CCCC1(C(=O)N2CCCC2c2ccncc2)CCCN1. The first kappa shape index (κ1) is 14.5. The highest BCUT2D eigenvalue weighted by molar-refractivity contribution is 5.87. The van der Waals surface area contributed by atoms with Gasteiger partial charge in [0, 0.05) is 18.9 Å². The molecule has 0 spiro atoms. The number of pyridine rings is 1. The zero-order valence-corrected chi connectivity index (χ0v) is 12.8. The molecule has 4 heteroatoms. The van der Waals surface area contributed by atoms with Crippen molar-refractivity contribution in [2.45, 2.75) is 57.0 Å². The van der Waals surface area contributed by atoms with Gasteiger partial charge in [0.25, 0.3) is 0 Å². The molecule has 2 saturated heterocycles. The first-order valence-corrected chi connectivity index (χ1v) is 8.23. The first-order chi connectivity index (χ1) is 10.3. The normalized spacial score (nSPS) is 29.0. The van der Waals surface area contributed by atoms with Crippen molar-refractivity contribution in [3.05, 3.63) is 30.1 Å². The number of aromatic nitrogens is 1. The van der Waals surface area contributed by atoms with Crippen LogP contribution in [0, 0.1) is 0 Å². The summed E-state index contributed by atoms with van der Waals surface area (Å²) >= 11 is 0. The number of amides is 1. The van der Waals surface area contributed by atoms with Crippen LogP contribution >= 0.6 is 0 Å². The van der Waals surface area contributed by atoms with Crippen molar-refractivity contribution in [2.24, 2.45) is 0 Å². The summed E-state index contributed by atoms with van der Waals surface area (Å²) in [5.41, 5.74) is 0.921. The molecule has 2 unspecified atom stereocenters. The number of hydrogen-bond acceptors (Lipinski definition) is 3. The van der Waals surface area contributed by atoms with Crippen LogP contribution in [-0.2, 0) is 4.79 Å². The smallest absolute Gasteiger partial charge is 0.243 e. The summed E-state index contributed by atoms with van der Waals surface area (Å²) in [6.07, 6.45) is 9.91. The lowest BCUT2D eigenvalue weighted by atomic mass is 9.89. The third kappa shape index (κ3) is 2.69. The molecular weight excluding hydrogens is 262 g/mol. The Morgan fingerprint density at radius 3 is 2.90 bits per heavy atom. The summed E-state index contributed by atoms with van der Waals surface area (Å²) in [5, 5.41) is 3.52. The van der Waals surface area contributed by atoms with Crippen molar-refractivity contribution in [3.8, 4) is 0 Å². The Morgan fingerprint density at radius 1 is 1.43 bits per heavy atom. The second-order valence-corrected chi connectivity index (χ2v) is 6.30. The maximum Gasteiger partial charge on any atom is 0.243 e. The van der Waals surface area contributed by atoms with E-state index in [1.165, 1.54) is 5.56 Å². The van der Waals surface area contributed by atoms with Crippen LogP contribution in [-0.4, -0.2) is 34.4 Å². The molecule has 4 nitrogen and oxygen atoms in total. The van der Waals surface area contributed by atoms with E-state index < -0.39 is 0 Å². The molecule has 0 aromatic carbocycles. The highest BCUT2D eigenvalue weighted by atomic mass is 16.2. The molecule has 1 aromatic heterocycles. The van der Waals surface area contributed by atoms with E-state index in [0.29, 0.717) is 5.91 Å². The molecule has 21 heavy (non-hydrogen) atoms. The third-order valence-electron chi connectivity index (χ3n) is 4.93. The molecule has 0 radical (unpaired) electrons. The lowest BCUT2D eigenvalue weighted by molar-refractivity contribution is -0.139. The minimum Gasteiger partial charge on any atom is -0.334 e. The molecule has 2 fully saturated rings. The molecule has 1 N–H and O–H groups in total. The minimum atomic E-state index is -0.301. The number of likely N-dealkylation sites (tertiary alicyclic amines) is 1. The van der Waals surface area contributed by atoms with Crippen molar-refractivity contribution < 1.29 is 4.79 Å². The van der Waals surface area contributed by atoms with E-state index in [9.17, 15) is 4.79 Å². The summed E-state index contributed by atoms with van der Waals surface area (Å²) in [4.78, 5) is 19.4. The van der Waals surface area contributed by atoms with Gasteiger partial charge in [-0.1, -0.05) is 13.3 Å². The van der Waals surface area contributed by atoms with Crippen LogP contribution < -0.4 is 5.32 Å². The van der Waals surface area contributed by atoms with Gasteiger partial charge in [0.15, 0.2) is 0 Å². The van der Waals surface area contributed by atoms with Gasteiger partial charge in [-0.2, -0.15) is 0 Å². The second kappa shape index (κ2) is 6.14. The molecule has 0 aliphatic carbocycles. The standard InChI is InChI=1S/C17H25N3O/c1-2-8-17(9-4-10-19-17)16(21)20-13-3-5-15(20)14-6-11-18-12-7-14/h6-7,11-12,15,19H,2-5,8-10,13H2,1H3. The van der Waals surface area contributed by atoms with Crippen LogP contribution in [0.5, 0.6) is 0 Å². The van der Waals surface area contributed by atoms with E-state index in [1.54, 1.807) is 0 Å². The van der Waals surface area contributed by atoms with Gasteiger partial charge in [-0.25, -0.2) is 0 Å². The van der Waals surface area contributed by atoms with Gasteiger partial charge in [-0.05, 0) is 56.3 Å². The number of carbonyl (C=O) groups is 1. The van der Waals surface area contributed by atoms with Crippen LogP contribution in [0.3, 0.4) is 0 Å². The number of rotatable bonds is 4. The fourth-order valence-electron chi connectivity index (χ4n) is 3.95. The number of nitrogens with zero attached hydrogens (tertiary/aromatic N) is 2. The van der Waals surface area contributed by atoms with Gasteiger partial charge < -0.3 is 10.2 Å². The molecule has 0 bridgehead atoms. The van der Waals surface area contributed by atoms with E-state index in [-0.39, 0.29) is 11.6 Å². The lowest BCUT2D eigenvalue weighted by Gasteiger charge is -2.35. The van der Waals surface area contributed by atoms with Crippen molar-refractivity contribution in [1.29, 1.82) is 0 Å². The summed E-state index contributed by atoms with van der Waals surface area (Å²) in [5.74, 6) is 0.321. The van der Waals surface area contributed by atoms with E-state index in [0.717, 1.165) is 51.6 Å². The maximum atomic E-state index is 13.2. The van der Waals surface area contributed by atoms with Crippen LogP contribution in [0.1, 0.15) is 57.1 Å². The second-order valence-electron chi connectivity index (χ2n) is 6.30. The van der Waals surface area contributed by atoms with Gasteiger partial charge in [0.2, 0.25) is 5.91 Å². The Bertz CT molecular complexity index is 482. The Balaban J connectivity index is 1.82. The fourth-order valence-corrected chi connectivity index (χ4v) is 3.95. The van der Waals surface area contributed by atoms with Gasteiger partial charge >= 0.3 is 0 Å². The van der Waals surface area contributed by atoms with Gasteiger partial charge in [0.05, 0.1) is 11.6 Å². The molecule has 0 saturated carbocycles. The summed E-state index contributed by atoms with van der Waals surface area (Å²) in [6.45, 7) is 4.03. The zero-order chi connectivity index (χ0) is 14.7. The fraction of sp³-hybridized carbons (Fsp3) is 0.647. The average molecular weight is 287 g/mol. The van der Waals surface area contributed by atoms with Crippen molar-refractivity contribution >= 4 is 5.91 Å². The number of carbonyl (C=O) groups excluding carboxylic acids is 1. The predicted octanol–water partition coefficient (Wildman–Crippen LogP) is 2.67. The van der Waals surface area contributed by atoms with Gasteiger partial charge in [0.1, 0.15) is 0 Å². The van der Waals surface area contributed by atoms with Crippen molar-refractivity contribution in [2.75, 3.05) is 13.1 Å². The molecule has 2 aliphatic rings. The monoisotopic (exact) mass is 287 g/mol. The molecule has 1 amide bonds. The van der Waals surface area contributed by atoms with E-state index >= 15 is 0 Å². The Labute approximate surface area is 126 Å². The molecular formula is C17H25N3O. The molecule has 3 heterocycles. The average Bonchev–Trinajstić information content (AvgIpc) is 3.17. The van der Waals surface area contributed by atoms with E-state index in [1.807, 2.05) is 24.5 Å². The Hall–Kier alpha value is -1.42. The largest absolute Gasteiger partial charge is 0.334 e. The zero-order valence-electron chi connectivity index (χ0n) is 12.8. The van der Waals surface area contributed by atoms with Crippen LogP contribution in [0.25, 0.3) is 0 Å². The van der Waals surface area contributed by atoms with Crippen molar-refractivity contribution in [3.63, 3.8) is 0 Å². The topological polar surface area (TPSA) is 45.2 Å². The van der Waals surface area contributed by atoms with Crippen LogP contribution in [0.2, 0.25) is 0 Å². The molecule has 1 aromatic rings. The van der Waals surface area contributed by atoms with Crippen LogP contribution in [0.4, 0.5) is 0 Å². The summed E-state index contributed by atoms with van der Waals surface area (Å²) in [6, 6.07) is 4.33. The quantitative estimate of drug-likeness (QED) is 0.926. The summed E-state index contributed by atoms with van der Waals surface area (Å²) < 4.78 is 0. The first-order valence-electron chi connectivity index (χ1n) is 8.23. The lowest BCUT2D eigenvalue weighted by Crippen LogP contribution is -2.54. The highest BCUT2D eigenvalue weighted by Gasteiger charge is 2.45. The Morgan fingerprint density at radius 2 is 2.24 bits per heavy atom. The highest BCUT2D eigenvalue weighted by Crippen LogP contribution is 2.36. The molecule has 2 aliphatic heterocycles. The Kier molecular flexibility index (Phi) is 4.24. The van der Waals surface area contributed by atoms with Crippen molar-refractivity contribution in [1.82, 2.24) is 15.2 Å². The molecule has 3 rings (SSSR count). The van der Waals surface area contributed by atoms with Gasteiger partial charge in [-0.15, -0.1) is 0 Å². The van der Waals surface area contributed by atoms with E-state index in [4.69, 9.17) is 0 Å². The van der Waals surface area contributed by atoms with Gasteiger partial charge in [-0.3, -0.25) is 9.78 Å². The predicted molar refractivity (Wildman–Crippen MR) is 82.8 cm³/mol. The number of hydrogen-bond donors (Lipinski definition) is 1. The summed E-state index contributed by atoms with van der Waals surface area (Å²) in [7, 11) is 0. The van der Waals surface area contributed by atoms with Crippen LogP contribution in [0.15, 0.2) is 24.5 Å². The number of nitrogens with one attached hydrogen (secondary N) is 1. The minimum absolute atomic E-state index is 0.233. The maximum absolute atomic E-state index is 13.2. The molecule has 114 valence electrons.